The van der Waals surface area contributed by atoms with Crippen molar-refractivity contribution < 1.29 is 4.79 Å². The van der Waals surface area contributed by atoms with Gasteiger partial charge in [-0.2, -0.15) is 16.4 Å². The van der Waals surface area contributed by atoms with E-state index in [1.807, 2.05) is 43.4 Å². The number of H-pyrrole nitrogens is 2. The zero-order valence-electron chi connectivity index (χ0n) is 19.6. The number of nitrogens with zero attached hydrogens (tertiary/aromatic N) is 5. The first-order valence-electron chi connectivity index (χ1n) is 11.3. The molecule has 0 saturated heterocycles. The Morgan fingerprint density at radius 1 is 1.03 bits per heavy atom. The number of anilines is 1. The number of nitrogens with one attached hydrogen (secondary N) is 3. The molecule has 0 radical (unpaired) electrons. The van der Waals surface area contributed by atoms with Gasteiger partial charge in [0.2, 0.25) is 5.91 Å². The SMILES string of the molecule is CN(C)CC(=O)Nc1cncc(-c2cnc3n[nH]c(-c4cc5c(-c6ccsc6)nccc5[nH]4)c3c2)c1. The van der Waals surface area contributed by atoms with E-state index in [4.69, 9.17) is 0 Å². The molecule has 0 aliphatic rings. The van der Waals surface area contributed by atoms with Crippen molar-refractivity contribution >= 4 is 44.9 Å². The average molecular weight is 495 g/mol. The smallest absolute Gasteiger partial charge is 0.238 e. The number of likely N-dealkylation sites (N-methyl/N-ethyl adjacent to an activating group) is 1. The number of hydrogen-bond donors (Lipinski definition) is 3. The molecule has 6 rings (SSSR count). The molecule has 9 nitrogen and oxygen atoms in total. The number of fused-ring (bicyclic) bond motifs is 2. The molecule has 0 aromatic carbocycles. The van der Waals surface area contributed by atoms with Gasteiger partial charge in [0.25, 0.3) is 0 Å². The standard InChI is InChI=1S/C26H22N8OS/c1-34(2)13-23(35)30-18-7-16(10-27-12-18)17-8-20-25(32-33-26(20)29-11-17)22-9-19-21(31-22)3-5-28-24(19)15-4-6-36-14-15/h3-12,14,31H,13H2,1-2H3,(H,30,35)(H,29,32,33). The number of carbonyl (C=O) groups excluding carboxylic acids is 1. The van der Waals surface area contributed by atoms with Gasteiger partial charge < -0.3 is 15.2 Å². The Kier molecular flexibility index (Phi) is 5.51. The summed E-state index contributed by atoms with van der Waals surface area (Å²) in [6.45, 7) is 0.296. The molecule has 6 heterocycles. The highest BCUT2D eigenvalue weighted by Gasteiger charge is 2.15. The molecule has 178 valence electrons. The fourth-order valence-corrected chi connectivity index (χ4v) is 4.88. The molecule has 0 atom stereocenters. The van der Waals surface area contributed by atoms with Gasteiger partial charge in [-0.1, -0.05) is 0 Å². The zero-order valence-corrected chi connectivity index (χ0v) is 20.4. The minimum Gasteiger partial charge on any atom is -0.353 e. The second kappa shape index (κ2) is 8.99. The summed E-state index contributed by atoms with van der Waals surface area (Å²) in [5.41, 5.74) is 7.76. The predicted molar refractivity (Wildman–Crippen MR) is 143 cm³/mol. The Bertz CT molecular complexity index is 1700. The second-order valence-corrected chi connectivity index (χ2v) is 9.54. The Morgan fingerprint density at radius 3 is 2.75 bits per heavy atom. The van der Waals surface area contributed by atoms with Crippen molar-refractivity contribution in [3.63, 3.8) is 0 Å². The van der Waals surface area contributed by atoms with Gasteiger partial charge >= 0.3 is 0 Å². The van der Waals surface area contributed by atoms with Crippen LogP contribution >= 0.6 is 11.3 Å². The van der Waals surface area contributed by atoms with Gasteiger partial charge in [0.1, 0.15) is 0 Å². The summed E-state index contributed by atoms with van der Waals surface area (Å²) in [6, 6.07) is 10.1. The van der Waals surface area contributed by atoms with Crippen LogP contribution in [-0.2, 0) is 4.79 Å². The summed E-state index contributed by atoms with van der Waals surface area (Å²) >= 11 is 1.65. The van der Waals surface area contributed by atoms with Gasteiger partial charge in [0.15, 0.2) is 5.65 Å². The van der Waals surface area contributed by atoms with Gasteiger partial charge in [-0.3, -0.25) is 19.9 Å². The van der Waals surface area contributed by atoms with E-state index in [1.165, 1.54) is 0 Å². The maximum Gasteiger partial charge on any atom is 0.238 e. The number of aromatic amines is 2. The number of hydrogen-bond acceptors (Lipinski definition) is 7. The lowest BCUT2D eigenvalue weighted by Gasteiger charge is -2.10. The summed E-state index contributed by atoms with van der Waals surface area (Å²) < 4.78 is 0. The summed E-state index contributed by atoms with van der Waals surface area (Å²) in [5.74, 6) is -0.0974. The molecule has 3 N–H and O–H groups in total. The van der Waals surface area contributed by atoms with Gasteiger partial charge in [-0.05, 0) is 49.8 Å². The zero-order chi connectivity index (χ0) is 24.6. The van der Waals surface area contributed by atoms with Crippen molar-refractivity contribution in [2.75, 3.05) is 26.0 Å². The largest absolute Gasteiger partial charge is 0.353 e. The van der Waals surface area contributed by atoms with Crippen molar-refractivity contribution in [2.24, 2.45) is 0 Å². The van der Waals surface area contributed by atoms with Crippen molar-refractivity contribution in [2.45, 2.75) is 0 Å². The highest BCUT2D eigenvalue weighted by Crippen LogP contribution is 2.34. The van der Waals surface area contributed by atoms with E-state index in [0.717, 1.165) is 50.1 Å². The number of amides is 1. The molecule has 0 saturated carbocycles. The monoisotopic (exact) mass is 494 g/mol. The fourth-order valence-electron chi connectivity index (χ4n) is 4.23. The number of carbonyl (C=O) groups is 1. The molecule has 0 aliphatic carbocycles. The van der Waals surface area contributed by atoms with E-state index in [9.17, 15) is 4.79 Å². The van der Waals surface area contributed by atoms with Gasteiger partial charge in [0, 0.05) is 57.0 Å². The first-order valence-corrected chi connectivity index (χ1v) is 12.2. The van der Waals surface area contributed by atoms with Crippen molar-refractivity contribution in [1.29, 1.82) is 0 Å². The molecule has 0 unspecified atom stereocenters. The lowest BCUT2D eigenvalue weighted by atomic mass is 10.1. The molecule has 6 aromatic heterocycles. The predicted octanol–water partition coefficient (Wildman–Crippen LogP) is 4.79. The van der Waals surface area contributed by atoms with Crippen LogP contribution in [0.4, 0.5) is 5.69 Å². The van der Waals surface area contributed by atoms with Gasteiger partial charge in [-0.15, -0.1) is 0 Å². The summed E-state index contributed by atoms with van der Waals surface area (Å²) in [7, 11) is 3.70. The molecule has 0 bridgehead atoms. The lowest BCUT2D eigenvalue weighted by molar-refractivity contribution is -0.116. The van der Waals surface area contributed by atoms with Gasteiger partial charge in [0.05, 0.1) is 35.5 Å². The second-order valence-electron chi connectivity index (χ2n) is 8.76. The third-order valence-electron chi connectivity index (χ3n) is 5.84. The Morgan fingerprint density at radius 2 is 1.92 bits per heavy atom. The number of aromatic nitrogens is 6. The van der Waals surface area contributed by atoms with Crippen LogP contribution in [0, 0.1) is 0 Å². The van der Waals surface area contributed by atoms with E-state index in [1.54, 1.807) is 29.9 Å². The molecular weight excluding hydrogens is 472 g/mol. The molecular formula is C26H22N8OS. The quantitative estimate of drug-likeness (QED) is 0.307. The molecule has 0 spiro atoms. The molecule has 1 amide bonds. The minimum absolute atomic E-state index is 0.0974. The number of pyridine rings is 3. The normalized spacial score (nSPS) is 11.5. The highest BCUT2D eigenvalue weighted by atomic mass is 32.1. The van der Waals surface area contributed by atoms with Gasteiger partial charge in [-0.25, -0.2) is 4.98 Å². The van der Waals surface area contributed by atoms with Crippen LogP contribution in [0.5, 0.6) is 0 Å². The molecule has 10 heteroatoms. The van der Waals surface area contributed by atoms with Crippen LogP contribution in [0.3, 0.4) is 0 Å². The van der Waals surface area contributed by atoms with Crippen LogP contribution in [0.1, 0.15) is 0 Å². The molecule has 0 fully saturated rings. The Hall–Kier alpha value is -4.41. The topological polar surface area (TPSA) is 115 Å². The fraction of sp³-hybridized carbons (Fsp3) is 0.115. The molecule has 36 heavy (non-hydrogen) atoms. The van der Waals surface area contributed by atoms with E-state index in [-0.39, 0.29) is 5.91 Å². The summed E-state index contributed by atoms with van der Waals surface area (Å²) in [4.78, 5) is 31.0. The van der Waals surface area contributed by atoms with E-state index in [0.29, 0.717) is 17.9 Å². The molecule has 0 aliphatic heterocycles. The van der Waals surface area contributed by atoms with Crippen molar-refractivity contribution in [3.8, 4) is 33.8 Å². The highest BCUT2D eigenvalue weighted by molar-refractivity contribution is 7.08. The maximum atomic E-state index is 12.2. The van der Waals surface area contributed by atoms with Crippen molar-refractivity contribution in [3.05, 3.63) is 65.9 Å². The number of thiophene rings is 1. The Balaban J connectivity index is 1.38. The first kappa shape index (κ1) is 22.1. The summed E-state index contributed by atoms with van der Waals surface area (Å²) in [5, 5.41) is 16.5. The van der Waals surface area contributed by atoms with Crippen LogP contribution in [0.25, 0.3) is 55.7 Å². The minimum atomic E-state index is -0.0974. The van der Waals surface area contributed by atoms with Crippen LogP contribution < -0.4 is 5.32 Å². The Labute approximate surface area is 210 Å². The third-order valence-corrected chi connectivity index (χ3v) is 6.52. The van der Waals surface area contributed by atoms with E-state index < -0.39 is 0 Å². The van der Waals surface area contributed by atoms with E-state index >= 15 is 0 Å². The maximum absolute atomic E-state index is 12.2. The third kappa shape index (κ3) is 4.12. The number of rotatable bonds is 6. The van der Waals surface area contributed by atoms with Crippen molar-refractivity contribution in [1.82, 2.24) is 35.0 Å². The average Bonchev–Trinajstić information content (AvgIpc) is 3.62. The molecule has 6 aromatic rings. The van der Waals surface area contributed by atoms with E-state index in [2.05, 4.69) is 58.3 Å². The lowest BCUT2D eigenvalue weighted by Crippen LogP contribution is -2.27. The summed E-state index contributed by atoms with van der Waals surface area (Å²) in [6.07, 6.45) is 6.97. The van der Waals surface area contributed by atoms with Crippen LogP contribution in [0.15, 0.2) is 65.9 Å². The van der Waals surface area contributed by atoms with Crippen LogP contribution in [0.2, 0.25) is 0 Å². The first-order chi connectivity index (χ1) is 17.5. The van der Waals surface area contributed by atoms with Crippen LogP contribution in [-0.4, -0.2) is 61.6 Å².